The van der Waals surface area contributed by atoms with E-state index in [4.69, 9.17) is 0 Å². The maximum absolute atomic E-state index is 12.3. The van der Waals surface area contributed by atoms with E-state index >= 15 is 0 Å². The topological polar surface area (TPSA) is 20.2 Å². The van der Waals surface area contributed by atoms with Crippen LogP contribution in [0.4, 0.5) is 0 Å². The quantitative estimate of drug-likeness (QED) is 0.535. The van der Waals surface area contributed by atoms with E-state index in [0.717, 1.165) is 35.7 Å². The minimum absolute atomic E-state index is 0.0515. The molecule has 3 fully saturated rings. The van der Waals surface area contributed by atoms with Gasteiger partial charge in [-0.15, -0.1) is 0 Å². The summed E-state index contributed by atoms with van der Waals surface area (Å²) in [5.41, 5.74) is 1.15. The van der Waals surface area contributed by atoms with E-state index in [1.54, 1.807) is 0 Å². The number of nitrogens with zero attached hydrogens (tertiary/aromatic N) is 1. The molecule has 3 heteroatoms. The number of halogens is 1. The molecule has 0 aliphatic carbocycles. The molecule has 5 rings (SSSR count). The molecule has 1 N–H and O–H groups in total. The van der Waals surface area contributed by atoms with Gasteiger partial charge in [0.05, 0.1) is 26.2 Å². The number of aliphatic hydroxyl groups is 1. The summed E-state index contributed by atoms with van der Waals surface area (Å²) >= 11 is 3.60. The Morgan fingerprint density at radius 3 is 1.73 bits per heavy atom. The van der Waals surface area contributed by atoms with Crippen LogP contribution in [0.1, 0.15) is 36.8 Å². The van der Waals surface area contributed by atoms with E-state index < -0.39 is 5.60 Å². The average Bonchev–Trinajstić information content (AvgIpc) is 2.74. The molecular weight excluding hydrogens is 386 g/mol. The lowest BCUT2D eigenvalue weighted by atomic mass is 9.56. The zero-order chi connectivity index (χ0) is 18.1. The van der Waals surface area contributed by atoms with Gasteiger partial charge in [0, 0.05) is 36.4 Å². The van der Waals surface area contributed by atoms with Crippen LogP contribution in [0.25, 0.3) is 0 Å². The summed E-state index contributed by atoms with van der Waals surface area (Å²) in [5.74, 6) is 0. The highest BCUT2D eigenvalue weighted by Gasteiger charge is 2.60. The number of piperidine rings is 3. The Balaban J connectivity index is 1.73. The molecule has 3 aliphatic rings. The fourth-order valence-corrected chi connectivity index (χ4v) is 5.73. The number of rotatable bonds is 6. The van der Waals surface area contributed by atoms with Gasteiger partial charge in [-0.1, -0.05) is 76.6 Å². The summed E-state index contributed by atoms with van der Waals surface area (Å²) in [6.07, 6.45) is 4.56. The molecule has 0 amide bonds. The van der Waals surface area contributed by atoms with Crippen molar-refractivity contribution in [2.45, 2.75) is 31.3 Å². The Bertz CT molecular complexity index is 666. The van der Waals surface area contributed by atoms with Crippen molar-refractivity contribution in [2.75, 3.05) is 31.5 Å². The van der Waals surface area contributed by atoms with Gasteiger partial charge < -0.3 is 9.59 Å². The molecule has 138 valence electrons. The van der Waals surface area contributed by atoms with Crippen LogP contribution in [-0.2, 0) is 5.60 Å². The normalized spacial score (nSPS) is 28.2. The Hall–Kier alpha value is -1.16. The summed E-state index contributed by atoms with van der Waals surface area (Å²) in [6.45, 7) is 4.88. The monoisotopic (exact) mass is 414 g/mol. The van der Waals surface area contributed by atoms with Crippen LogP contribution in [0.5, 0.6) is 0 Å². The van der Waals surface area contributed by atoms with E-state index in [1.165, 1.54) is 37.1 Å². The smallest absolute Gasteiger partial charge is 0.121 e. The fourth-order valence-electron chi connectivity index (χ4n) is 5.48. The Morgan fingerprint density at radius 1 is 0.846 bits per heavy atom. The zero-order valence-electron chi connectivity index (χ0n) is 15.4. The minimum atomic E-state index is -0.901. The van der Waals surface area contributed by atoms with Gasteiger partial charge >= 0.3 is 0 Å². The van der Waals surface area contributed by atoms with Crippen LogP contribution in [0.3, 0.4) is 0 Å². The van der Waals surface area contributed by atoms with Crippen molar-refractivity contribution in [3.8, 4) is 0 Å². The Labute approximate surface area is 165 Å². The van der Waals surface area contributed by atoms with Gasteiger partial charge in [0.2, 0.25) is 0 Å². The Morgan fingerprint density at radius 2 is 1.31 bits per heavy atom. The first-order valence-corrected chi connectivity index (χ1v) is 11.0. The highest BCUT2D eigenvalue weighted by Crippen LogP contribution is 2.57. The molecule has 2 aromatic rings. The van der Waals surface area contributed by atoms with Crippen LogP contribution in [0.2, 0.25) is 0 Å². The number of quaternary nitrogens is 1. The predicted octanol–water partition coefficient (Wildman–Crippen LogP) is 4.71. The van der Waals surface area contributed by atoms with Crippen molar-refractivity contribution < 1.29 is 9.59 Å². The molecule has 2 bridgehead atoms. The number of hydrogen-bond donors (Lipinski definition) is 1. The lowest BCUT2D eigenvalue weighted by Gasteiger charge is -2.60. The fraction of sp³-hybridized carbons (Fsp3) is 0.478. The molecule has 0 atom stereocenters. The lowest BCUT2D eigenvalue weighted by molar-refractivity contribution is -0.946. The molecule has 0 radical (unpaired) electrons. The highest BCUT2D eigenvalue weighted by atomic mass is 79.9. The lowest BCUT2D eigenvalue weighted by Crippen LogP contribution is -2.66. The first-order valence-electron chi connectivity index (χ1n) is 9.89. The van der Waals surface area contributed by atoms with Gasteiger partial charge in [-0.25, -0.2) is 0 Å². The standard InChI is InChI=1S/C23H29BrNO/c24-15-7-16-25-17-12-22(13-18-25,14-19-25)23(26,20-8-3-1-4-9-20)21-10-5-2-6-11-21/h1-6,8-11,26H,7,12-19H2/q+1. The second-order valence-electron chi connectivity index (χ2n) is 8.25. The third-order valence-corrected chi connectivity index (χ3v) is 7.67. The van der Waals surface area contributed by atoms with E-state index in [2.05, 4.69) is 64.5 Å². The van der Waals surface area contributed by atoms with Gasteiger partial charge in [0.25, 0.3) is 0 Å². The van der Waals surface area contributed by atoms with Gasteiger partial charge in [-0.2, -0.15) is 0 Å². The molecule has 2 aromatic carbocycles. The van der Waals surface area contributed by atoms with Crippen LogP contribution in [0, 0.1) is 5.41 Å². The molecule has 0 unspecified atom stereocenters. The van der Waals surface area contributed by atoms with Crippen LogP contribution < -0.4 is 0 Å². The summed E-state index contributed by atoms with van der Waals surface area (Å²) in [4.78, 5) is 0. The van der Waals surface area contributed by atoms with Crippen molar-refractivity contribution in [1.29, 1.82) is 0 Å². The highest BCUT2D eigenvalue weighted by molar-refractivity contribution is 9.09. The number of hydrogen-bond acceptors (Lipinski definition) is 1. The first-order chi connectivity index (χ1) is 12.6. The third-order valence-electron chi connectivity index (χ3n) is 7.11. The summed E-state index contributed by atoms with van der Waals surface area (Å²) < 4.78 is 1.26. The van der Waals surface area contributed by atoms with E-state index in [1.807, 2.05) is 12.1 Å². The molecular formula is C23H29BrNO+. The minimum Gasteiger partial charge on any atom is -0.380 e. The van der Waals surface area contributed by atoms with Crippen molar-refractivity contribution in [1.82, 2.24) is 0 Å². The van der Waals surface area contributed by atoms with E-state index in [9.17, 15) is 5.11 Å². The summed E-state index contributed by atoms with van der Waals surface area (Å²) in [5, 5.41) is 13.4. The second-order valence-corrected chi connectivity index (χ2v) is 9.04. The van der Waals surface area contributed by atoms with E-state index in [-0.39, 0.29) is 5.41 Å². The first kappa shape index (κ1) is 18.2. The van der Waals surface area contributed by atoms with Crippen molar-refractivity contribution in [3.63, 3.8) is 0 Å². The second kappa shape index (κ2) is 7.10. The number of alkyl halides is 1. The van der Waals surface area contributed by atoms with Crippen molar-refractivity contribution in [2.24, 2.45) is 5.41 Å². The molecule has 2 nitrogen and oxygen atoms in total. The molecule has 26 heavy (non-hydrogen) atoms. The molecule has 0 aromatic heterocycles. The summed E-state index contributed by atoms with van der Waals surface area (Å²) in [6, 6.07) is 20.7. The van der Waals surface area contributed by atoms with Gasteiger partial charge in [-0.05, 0) is 11.1 Å². The molecule has 3 heterocycles. The molecule has 0 saturated carbocycles. The van der Waals surface area contributed by atoms with Gasteiger partial charge in [0.15, 0.2) is 0 Å². The molecule has 3 saturated heterocycles. The number of fused-ring (bicyclic) bond motifs is 3. The van der Waals surface area contributed by atoms with Crippen molar-refractivity contribution in [3.05, 3.63) is 71.8 Å². The summed E-state index contributed by atoms with van der Waals surface area (Å²) in [7, 11) is 0. The van der Waals surface area contributed by atoms with E-state index in [0.29, 0.717) is 0 Å². The van der Waals surface area contributed by atoms with Crippen LogP contribution >= 0.6 is 15.9 Å². The van der Waals surface area contributed by atoms with Gasteiger partial charge in [0.1, 0.15) is 5.60 Å². The van der Waals surface area contributed by atoms with Crippen LogP contribution in [0.15, 0.2) is 60.7 Å². The molecule has 3 aliphatic heterocycles. The largest absolute Gasteiger partial charge is 0.380 e. The Kier molecular flexibility index (Phi) is 4.98. The van der Waals surface area contributed by atoms with Crippen LogP contribution in [-0.4, -0.2) is 41.1 Å². The third kappa shape index (κ3) is 2.85. The maximum Gasteiger partial charge on any atom is 0.121 e. The SMILES string of the molecule is OC(c1ccccc1)(c1ccccc1)C12CC[N+](CCCBr)(CC1)CC2. The maximum atomic E-state index is 12.3. The average molecular weight is 415 g/mol. The van der Waals surface area contributed by atoms with Crippen molar-refractivity contribution >= 4 is 15.9 Å². The predicted molar refractivity (Wildman–Crippen MR) is 110 cm³/mol. The van der Waals surface area contributed by atoms with Gasteiger partial charge in [-0.3, -0.25) is 0 Å². The zero-order valence-corrected chi connectivity index (χ0v) is 17.0. The molecule has 0 spiro atoms. The number of benzene rings is 2.